The van der Waals surface area contributed by atoms with Crippen molar-refractivity contribution in [2.45, 2.75) is 38.8 Å². The lowest BCUT2D eigenvalue weighted by Gasteiger charge is -2.25. The Morgan fingerprint density at radius 3 is 2.80 bits per heavy atom. The van der Waals surface area contributed by atoms with Crippen molar-refractivity contribution in [3.63, 3.8) is 0 Å². The molecule has 4 heteroatoms. The van der Waals surface area contributed by atoms with Crippen LogP contribution in [0.4, 0.5) is 0 Å². The van der Waals surface area contributed by atoms with Crippen LogP contribution in [-0.2, 0) is 26.4 Å². The molecule has 0 radical (unpaired) electrons. The van der Waals surface area contributed by atoms with Crippen molar-refractivity contribution in [3.05, 3.63) is 51.3 Å². The minimum Gasteiger partial charge on any atom is -0.308 e. The fourth-order valence-corrected chi connectivity index (χ4v) is 3.46. The third-order valence-electron chi connectivity index (χ3n) is 4.17. The molecular weight excluding hydrogens is 314 g/mol. The SMILES string of the molecule is Cc1nn(C)c(CNC2CCc3ccccc3C2)c1Br. The van der Waals surface area contributed by atoms with Crippen LogP contribution in [0, 0.1) is 6.92 Å². The molecule has 106 valence electrons. The standard InChI is InChI=1S/C16H20BrN3/c1-11-16(17)15(20(2)19-11)10-18-14-8-7-12-5-3-4-6-13(12)9-14/h3-6,14,18H,7-10H2,1-2H3. The minimum atomic E-state index is 0.562. The molecule has 0 saturated carbocycles. The number of hydrogen-bond acceptors (Lipinski definition) is 2. The lowest BCUT2D eigenvalue weighted by molar-refractivity contribution is 0.448. The van der Waals surface area contributed by atoms with Gasteiger partial charge >= 0.3 is 0 Å². The molecule has 0 saturated heterocycles. The van der Waals surface area contributed by atoms with Gasteiger partial charge in [0.15, 0.2) is 0 Å². The molecule has 0 bridgehead atoms. The van der Waals surface area contributed by atoms with Crippen molar-refractivity contribution in [2.75, 3.05) is 0 Å². The summed E-state index contributed by atoms with van der Waals surface area (Å²) in [6.45, 7) is 2.90. The normalized spacial score (nSPS) is 18.1. The molecule has 1 atom stereocenters. The predicted octanol–water partition coefficient (Wildman–Crippen LogP) is 3.14. The average molecular weight is 334 g/mol. The van der Waals surface area contributed by atoms with Crippen molar-refractivity contribution in [1.29, 1.82) is 0 Å². The van der Waals surface area contributed by atoms with Gasteiger partial charge in [-0.05, 0) is 53.2 Å². The van der Waals surface area contributed by atoms with Gasteiger partial charge in [-0.3, -0.25) is 4.68 Å². The molecule has 1 aromatic heterocycles. The van der Waals surface area contributed by atoms with Gasteiger partial charge in [0, 0.05) is 19.6 Å². The van der Waals surface area contributed by atoms with E-state index in [1.165, 1.54) is 29.7 Å². The van der Waals surface area contributed by atoms with Crippen LogP contribution in [0.3, 0.4) is 0 Å². The van der Waals surface area contributed by atoms with Gasteiger partial charge in [-0.1, -0.05) is 24.3 Å². The van der Waals surface area contributed by atoms with Gasteiger partial charge in [-0.25, -0.2) is 0 Å². The molecule has 1 aliphatic rings. The maximum Gasteiger partial charge on any atom is 0.0739 e. The molecule has 1 N–H and O–H groups in total. The highest BCUT2D eigenvalue weighted by atomic mass is 79.9. The Labute approximate surface area is 128 Å². The quantitative estimate of drug-likeness (QED) is 0.935. The Balaban J connectivity index is 1.66. The molecule has 20 heavy (non-hydrogen) atoms. The van der Waals surface area contributed by atoms with Crippen LogP contribution in [0.15, 0.2) is 28.7 Å². The van der Waals surface area contributed by atoms with Gasteiger partial charge in [0.2, 0.25) is 0 Å². The van der Waals surface area contributed by atoms with Crippen LogP contribution in [-0.4, -0.2) is 15.8 Å². The van der Waals surface area contributed by atoms with Gasteiger partial charge in [0.1, 0.15) is 0 Å². The fraction of sp³-hybridized carbons (Fsp3) is 0.438. The van der Waals surface area contributed by atoms with Gasteiger partial charge in [0.25, 0.3) is 0 Å². The summed E-state index contributed by atoms with van der Waals surface area (Å²) in [5, 5.41) is 8.12. The predicted molar refractivity (Wildman–Crippen MR) is 84.7 cm³/mol. The number of halogens is 1. The van der Waals surface area contributed by atoms with Crippen molar-refractivity contribution in [3.8, 4) is 0 Å². The Morgan fingerprint density at radius 2 is 2.10 bits per heavy atom. The number of benzene rings is 1. The van der Waals surface area contributed by atoms with Crippen molar-refractivity contribution in [1.82, 2.24) is 15.1 Å². The molecule has 0 aliphatic heterocycles. The third kappa shape index (κ3) is 2.67. The van der Waals surface area contributed by atoms with E-state index in [1.54, 1.807) is 0 Å². The van der Waals surface area contributed by atoms with Crippen molar-refractivity contribution in [2.24, 2.45) is 7.05 Å². The van der Waals surface area contributed by atoms with Gasteiger partial charge in [-0.2, -0.15) is 5.10 Å². The van der Waals surface area contributed by atoms with Gasteiger partial charge < -0.3 is 5.32 Å². The maximum atomic E-state index is 4.44. The van der Waals surface area contributed by atoms with Crippen LogP contribution in [0.1, 0.15) is 28.9 Å². The molecule has 0 fully saturated rings. The summed E-state index contributed by atoms with van der Waals surface area (Å²) in [5.74, 6) is 0. The molecule has 3 rings (SSSR count). The molecular formula is C16H20BrN3. The zero-order valence-corrected chi connectivity index (χ0v) is 13.6. The first-order chi connectivity index (χ1) is 9.65. The highest BCUT2D eigenvalue weighted by Crippen LogP contribution is 2.23. The van der Waals surface area contributed by atoms with E-state index in [-0.39, 0.29) is 0 Å². The molecule has 1 unspecified atom stereocenters. The fourth-order valence-electron chi connectivity index (χ4n) is 2.99. The molecule has 3 nitrogen and oxygen atoms in total. The van der Waals surface area contributed by atoms with Crippen LogP contribution in [0.2, 0.25) is 0 Å². The monoisotopic (exact) mass is 333 g/mol. The van der Waals surface area contributed by atoms with E-state index >= 15 is 0 Å². The van der Waals surface area contributed by atoms with Crippen molar-refractivity contribution >= 4 is 15.9 Å². The largest absolute Gasteiger partial charge is 0.308 e. The van der Waals surface area contributed by atoms with E-state index < -0.39 is 0 Å². The maximum absolute atomic E-state index is 4.44. The summed E-state index contributed by atoms with van der Waals surface area (Å²) >= 11 is 3.63. The number of aromatic nitrogens is 2. The second-order valence-corrected chi connectivity index (χ2v) is 6.35. The summed E-state index contributed by atoms with van der Waals surface area (Å²) < 4.78 is 3.09. The van der Waals surface area contributed by atoms with Gasteiger partial charge in [0.05, 0.1) is 15.9 Å². The van der Waals surface area contributed by atoms with E-state index in [9.17, 15) is 0 Å². The second kappa shape index (κ2) is 5.70. The molecule has 2 aromatic rings. The van der Waals surface area contributed by atoms with Crippen LogP contribution < -0.4 is 5.32 Å². The Bertz CT molecular complexity index is 618. The van der Waals surface area contributed by atoms with Crippen LogP contribution >= 0.6 is 15.9 Å². The molecule has 0 amide bonds. The van der Waals surface area contributed by atoms with Gasteiger partial charge in [-0.15, -0.1) is 0 Å². The summed E-state index contributed by atoms with van der Waals surface area (Å²) in [5.41, 5.74) is 5.29. The number of rotatable bonds is 3. The number of nitrogens with zero attached hydrogens (tertiary/aromatic N) is 2. The number of fused-ring (bicyclic) bond motifs is 1. The zero-order chi connectivity index (χ0) is 14.1. The summed E-state index contributed by atoms with van der Waals surface area (Å²) in [6.07, 6.45) is 3.52. The first-order valence-corrected chi connectivity index (χ1v) is 7.92. The van der Waals surface area contributed by atoms with Crippen LogP contribution in [0.25, 0.3) is 0 Å². The van der Waals surface area contributed by atoms with E-state index in [4.69, 9.17) is 0 Å². The van der Waals surface area contributed by atoms with E-state index in [2.05, 4.69) is 50.6 Å². The Hall–Kier alpha value is -1.13. The molecule has 1 heterocycles. The van der Waals surface area contributed by atoms with E-state index in [0.717, 1.165) is 23.1 Å². The van der Waals surface area contributed by atoms with Crippen LogP contribution in [0.5, 0.6) is 0 Å². The summed E-state index contributed by atoms with van der Waals surface area (Å²) in [7, 11) is 2.00. The third-order valence-corrected chi connectivity index (χ3v) is 5.20. The highest BCUT2D eigenvalue weighted by molar-refractivity contribution is 9.10. The zero-order valence-electron chi connectivity index (χ0n) is 12.0. The smallest absolute Gasteiger partial charge is 0.0739 e. The number of aryl methyl sites for hydroxylation is 3. The number of hydrogen-bond donors (Lipinski definition) is 1. The first kappa shape index (κ1) is 13.8. The second-order valence-electron chi connectivity index (χ2n) is 5.56. The lowest BCUT2D eigenvalue weighted by Crippen LogP contribution is -2.34. The Morgan fingerprint density at radius 1 is 1.35 bits per heavy atom. The average Bonchev–Trinajstić information content (AvgIpc) is 2.70. The van der Waals surface area contributed by atoms with Crippen molar-refractivity contribution < 1.29 is 0 Å². The molecule has 1 aromatic carbocycles. The summed E-state index contributed by atoms with van der Waals surface area (Å²) in [4.78, 5) is 0. The highest BCUT2D eigenvalue weighted by Gasteiger charge is 2.19. The summed E-state index contributed by atoms with van der Waals surface area (Å²) in [6, 6.07) is 9.36. The minimum absolute atomic E-state index is 0.562. The van der Waals surface area contributed by atoms with E-state index in [1.807, 2.05) is 18.7 Å². The first-order valence-electron chi connectivity index (χ1n) is 7.13. The van der Waals surface area contributed by atoms with E-state index in [0.29, 0.717) is 6.04 Å². The topological polar surface area (TPSA) is 29.9 Å². The molecule has 0 spiro atoms. The number of nitrogens with one attached hydrogen (secondary N) is 1. The molecule has 1 aliphatic carbocycles. The Kier molecular flexibility index (Phi) is 3.94. The lowest BCUT2D eigenvalue weighted by atomic mass is 9.88.